The minimum absolute atomic E-state index is 0.0279. The van der Waals surface area contributed by atoms with Crippen molar-refractivity contribution in [3.05, 3.63) is 292 Å². The number of carbonyl (C=O) groups is 7. The second kappa shape index (κ2) is 48.2. The topological polar surface area (TPSA) is 310 Å². The molecule has 4 aliphatic carbocycles. The molecule has 6 aliphatic heterocycles. The molecule has 0 spiro atoms. The van der Waals surface area contributed by atoms with E-state index in [-0.39, 0.29) is 106 Å². The van der Waals surface area contributed by atoms with Gasteiger partial charge in [0.05, 0.1) is 100 Å². The lowest BCUT2D eigenvalue weighted by Gasteiger charge is -2.35. The van der Waals surface area contributed by atoms with Gasteiger partial charge in [-0.2, -0.15) is 0 Å². The van der Waals surface area contributed by atoms with Crippen LogP contribution >= 0.6 is 11.8 Å². The lowest BCUT2D eigenvalue weighted by Crippen LogP contribution is -2.39. The number of fused-ring (bicyclic) bond motifs is 8. The maximum absolute atomic E-state index is 12.7. The number of likely N-dealkylation sites (tertiary alicyclic amines) is 1. The Bertz CT molecular complexity index is 5960. The number of aryl methyl sites for hydroxylation is 3. The highest BCUT2D eigenvalue weighted by molar-refractivity contribution is 7.99. The number of morpholine rings is 1. The van der Waals surface area contributed by atoms with E-state index in [1.165, 1.54) is 134 Å². The van der Waals surface area contributed by atoms with Gasteiger partial charge in [0, 0.05) is 90.6 Å². The minimum Gasteiger partial charge on any atom is -0.508 e. The number of anilines is 2. The van der Waals surface area contributed by atoms with E-state index in [2.05, 4.69) is 78.7 Å². The number of allylic oxidation sites excluding steroid dienone is 2. The van der Waals surface area contributed by atoms with Gasteiger partial charge in [0.15, 0.2) is 23.0 Å². The largest absolute Gasteiger partial charge is 0.508 e. The third-order valence-electron chi connectivity index (χ3n) is 26.8. The van der Waals surface area contributed by atoms with Gasteiger partial charge in [-0.25, -0.2) is 19.4 Å². The van der Waals surface area contributed by atoms with Crippen molar-refractivity contribution in [3.63, 3.8) is 0 Å². The van der Waals surface area contributed by atoms with Gasteiger partial charge >= 0.3 is 11.9 Å². The molecule has 724 valence electrons. The first-order valence-corrected chi connectivity index (χ1v) is 48.4. The van der Waals surface area contributed by atoms with Crippen LogP contribution in [-0.4, -0.2) is 163 Å². The number of piperidine rings is 1. The predicted octanol–water partition coefficient (Wildman–Crippen LogP) is 19.2. The molecule has 4 N–H and O–H groups in total. The van der Waals surface area contributed by atoms with E-state index in [1.54, 1.807) is 108 Å². The van der Waals surface area contributed by atoms with E-state index in [9.17, 15) is 48.9 Å². The summed E-state index contributed by atoms with van der Waals surface area (Å²) in [6.07, 6.45) is 22.7. The fourth-order valence-electron chi connectivity index (χ4n) is 19.4. The number of ether oxygens (including phenoxy) is 10. The zero-order valence-corrected chi connectivity index (χ0v) is 80.6. The second-order valence-corrected chi connectivity index (χ2v) is 36.8. The summed E-state index contributed by atoms with van der Waals surface area (Å²) in [6.45, 7) is 23.5. The summed E-state index contributed by atoms with van der Waals surface area (Å²) in [5.74, 6) is 5.71. The number of pyridine rings is 1. The van der Waals surface area contributed by atoms with E-state index >= 15 is 0 Å². The Morgan fingerprint density at radius 1 is 0.623 bits per heavy atom. The highest BCUT2D eigenvalue weighted by Crippen LogP contribution is 2.54. The summed E-state index contributed by atoms with van der Waals surface area (Å²) >= 11 is 1.65. The van der Waals surface area contributed by atoms with Gasteiger partial charge in [-0.05, 0) is 216 Å². The molecule has 20 rings (SSSR count). The van der Waals surface area contributed by atoms with Crippen LogP contribution in [0.3, 0.4) is 0 Å². The predicted molar refractivity (Wildman–Crippen MR) is 530 cm³/mol. The third kappa shape index (κ3) is 25.0. The molecule has 3 saturated carbocycles. The number of nitrogens with one attached hydrogen (secondary N) is 1. The van der Waals surface area contributed by atoms with Gasteiger partial charge in [0.1, 0.15) is 52.4 Å². The van der Waals surface area contributed by atoms with Crippen molar-refractivity contribution >= 4 is 75.4 Å². The van der Waals surface area contributed by atoms with Crippen molar-refractivity contribution in [1.29, 1.82) is 0 Å². The van der Waals surface area contributed by atoms with Gasteiger partial charge < -0.3 is 62.7 Å². The number of methoxy groups -OCH3 is 3. The van der Waals surface area contributed by atoms with E-state index in [0.717, 1.165) is 99.3 Å². The first kappa shape index (κ1) is 101. The average molecular weight is 1890 g/mol. The quantitative estimate of drug-likeness (QED) is 0.0161. The highest BCUT2D eigenvalue weighted by Gasteiger charge is 2.60. The Balaban J connectivity index is 0.000000130. The number of rotatable bonds is 22. The minimum atomic E-state index is -0.583. The summed E-state index contributed by atoms with van der Waals surface area (Å²) in [6, 6.07) is 57.3. The smallest absolute Gasteiger partial charge is 0.340 e. The lowest BCUT2D eigenvalue weighted by molar-refractivity contribution is -0.129. The number of imide groups is 2. The van der Waals surface area contributed by atoms with Crippen LogP contribution in [0.1, 0.15) is 155 Å². The number of para-hydroxylation sites is 3. The first-order valence-electron chi connectivity index (χ1n) is 47.3. The normalized spacial score (nSPS) is 20.5. The molecule has 9 unspecified atom stereocenters. The number of phenolic OH excluding ortho intramolecular Hbond substituents is 3. The molecule has 4 saturated heterocycles. The SMILES string of the molecule is C=CC(=O)Oc1cccc(N2C(=O)C3C4C=CC(C4)C3C2=O)c1.CC(=O)C1CSC(c2ccccc2O)N1.CCOC(=O)c1ccccc1N1C(=O)C=CC1=O.COc1ccc(C(c2cc3c(cc2O)OCO3)N2CCOCC2)cc1OC.COc1ccccc1COc1ccc(C)cc1.Cc1cc(CN2CCC3CCCC3C2)cc(C)c1C.Oc1ccc(COC2CCCCC2)c2cccnc12. The molecule has 26 nitrogen and oxygen atoms in total. The van der Waals surface area contributed by atoms with Crippen LogP contribution in [0, 0.1) is 63.2 Å². The number of Topliss-reactive ketones (excluding diaryl/α,β-unsaturated/α-hetero) is 1. The molecule has 27 heteroatoms. The molecule has 7 fully saturated rings. The molecule has 138 heavy (non-hydrogen) atoms. The number of hydrogen-bond donors (Lipinski definition) is 4. The molecule has 2 bridgehead atoms. The summed E-state index contributed by atoms with van der Waals surface area (Å²) in [5, 5.41) is 34.4. The Hall–Kier alpha value is -13.2. The van der Waals surface area contributed by atoms with Gasteiger partial charge in [-0.3, -0.25) is 44.1 Å². The molecule has 0 radical (unpaired) electrons. The number of hydrogen-bond acceptors (Lipinski definition) is 25. The lowest BCUT2D eigenvalue weighted by atomic mass is 9.85. The van der Waals surface area contributed by atoms with E-state index < -0.39 is 23.8 Å². The van der Waals surface area contributed by atoms with Crippen molar-refractivity contribution < 1.29 is 96.2 Å². The molecule has 10 aromatic rings. The van der Waals surface area contributed by atoms with Crippen LogP contribution in [0.5, 0.6) is 57.5 Å². The van der Waals surface area contributed by atoms with Crippen LogP contribution in [0.15, 0.2) is 231 Å². The van der Waals surface area contributed by atoms with Gasteiger partial charge in [-0.15, -0.1) is 11.8 Å². The van der Waals surface area contributed by atoms with Crippen LogP contribution in [0.4, 0.5) is 11.4 Å². The zero-order chi connectivity index (χ0) is 97.5. The molecule has 9 aromatic carbocycles. The summed E-state index contributed by atoms with van der Waals surface area (Å²) in [4.78, 5) is 94.2. The molecule has 9 atom stereocenters. The van der Waals surface area contributed by atoms with Crippen LogP contribution < -0.4 is 48.3 Å². The number of carbonyl (C=O) groups excluding carboxylic acids is 7. The number of thioether (sulfide) groups is 1. The fraction of sp³-hybridized carbons (Fsp3) is 0.369. The molecule has 1 aromatic heterocycles. The number of nitrogens with zero attached hydrogens (tertiary/aromatic N) is 5. The average Bonchev–Trinajstić information content (AvgIpc) is 1.56. The van der Waals surface area contributed by atoms with Crippen molar-refractivity contribution in [2.75, 3.05) is 89.7 Å². The number of aromatic hydroxyl groups is 3. The number of aromatic nitrogens is 1. The molecule has 7 heterocycles. The third-order valence-corrected chi connectivity index (χ3v) is 28.1. The van der Waals surface area contributed by atoms with Crippen LogP contribution in [-0.2, 0) is 62.7 Å². The van der Waals surface area contributed by atoms with E-state index in [1.807, 2.05) is 103 Å². The fourth-order valence-corrected chi connectivity index (χ4v) is 20.8. The monoisotopic (exact) mass is 1890 g/mol. The Morgan fingerprint density at radius 2 is 1.30 bits per heavy atom. The molecule has 4 amide bonds. The molecule has 10 aliphatic rings. The highest BCUT2D eigenvalue weighted by atomic mass is 32.2. The number of esters is 2. The summed E-state index contributed by atoms with van der Waals surface area (Å²) in [7, 11) is 4.90. The van der Waals surface area contributed by atoms with E-state index in [0.29, 0.717) is 66.7 Å². The second-order valence-electron chi connectivity index (χ2n) is 35.7. The maximum Gasteiger partial charge on any atom is 0.340 e. The van der Waals surface area contributed by atoms with Crippen molar-refractivity contribution in [2.45, 2.75) is 149 Å². The Morgan fingerprint density at radius 3 is 1.99 bits per heavy atom. The number of ketones is 1. The Kier molecular flexibility index (Phi) is 35.2. The van der Waals surface area contributed by atoms with Gasteiger partial charge in [0.2, 0.25) is 18.6 Å². The number of amides is 4. The zero-order valence-electron chi connectivity index (χ0n) is 79.8. The summed E-state index contributed by atoms with van der Waals surface area (Å²) in [5.41, 5.74) is 13.4. The van der Waals surface area contributed by atoms with Crippen LogP contribution in [0.25, 0.3) is 10.9 Å². The van der Waals surface area contributed by atoms with E-state index in [4.69, 9.17) is 47.4 Å². The number of phenols is 3. The Labute approximate surface area is 811 Å². The summed E-state index contributed by atoms with van der Waals surface area (Å²) < 4.78 is 54.2. The van der Waals surface area contributed by atoms with Crippen LogP contribution in [0.2, 0.25) is 0 Å². The first-order chi connectivity index (χ1) is 66.9. The molecular formula is C111H124N6O20S. The maximum atomic E-state index is 12.7. The standard InChI is InChI=1S/C20H23NO6.C18H15NO4.C18H27N.C16H19NO2.C15H16O2.C13H11NO4.C11H13NO2S/c1-23-16-4-3-13(9-17(16)24-2)20(21-5-7-25-8-6-21)14-10-18-19(11-15(14)22)27-12-26-18;1-2-14(20)23-13-5-3-4-12(9-13)19-17(21)15-10-6-7-11(8-10)16(15)18(19)22;1-13-9-16(10-14(2)15(13)3)11-19-8-7-17-5-4-6-18(17)12-19;18-15-9-8-12(14-7-4-10-17-16(14)15)11-19-13-5-2-1-3-6-13;1-12-7-9-14(10-8-12)17-11-13-5-3-4-6-15(13)16-2;1-2-18-13(17)9-5-3-4-6-10(9)14-11(15)7-8-12(14)16;1-7(13)9-6-15-11(12-9)8-4-2-3-5-10(8)14/h3-4,9-11,20,22H,5-8,12H2,1-2H3;2-7,9-11,15-16H,1,8H2;9-10,17-18H,4-8,11-12H2,1-3H3;4,7-10,13,18H,1-3,5-6,11H2;3-10H,11H2,1-2H3;3-8H,2H2,1H3;2-5,9,11-12,14H,6H2,1H3. The van der Waals surface area contributed by atoms with Gasteiger partial charge in [-0.1, -0.05) is 153 Å². The van der Waals surface area contributed by atoms with Crippen molar-refractivity contribution in [1.82, 2.24) is 20.1 Å². The van der Waals surface area contributed by atoms with Crippen molar-refractivity contribution in [2.24, 2.45) is 35.5 Å². The van der Waals surface area contributed by atoms with Gasteiger partial charge in [0.25, 0.3) is 11.8 Å². The molecular weight excluding hydrogens is 1770 g/mol. The number of benzene rings is 9. The van der Waals surface area contributed by atoms with Crippen molar-refractivity contribution in [3.8, 4) is 57.5 Å².